The number of carbonyl (C=O) groups excluding carboxylic acids is 1. The molecule has 94 valence electrons. The van der Waals surface area contributed by atoms with Crippen LogP contribution in [0.15, 0.2) is 24.3 Å². The topological polar surface area (TPSA) is 67.6 Å². The Bertz CT molecular complexity index is 369. The van der Waals surface area contributed by atoms with Gasteiger partial charge in [0.2, 0.25) is 5.91 Å². The zero-order chi connectivity index (χ0) is 12.7. The Morgan fingerprint density at radius 3 is 2.94 bits per heavy atom. The number of likely N-dealkylation sites (N-methyl/N-ethyl adjacent to an activating group) is 2. The highest BCUT2D eigenvalue weighted by atomic mass is 16.5. The van der Waals surface area contributed by atoms with Crippen LogP contribution in [-0.4, -0.2) is 44.6 Å². The standard InChI is InChI=1S/C12H19N3O2/c1-14-12(16)9-15(2)6-7-17-11-5-3-4-10(13)8-11/h3-5,8H,6-7,9,13H2,1-2H3,(H,14,16). The number of nitrogen functional groups attached to an aromatic ring is 1. The Labute approximate surface area is 102 Å². The van der Waals surface area contributed by atoms with Gasteiger partial charge >= 0.3 is 0 Å². The minimum Gasteiger partial charge on any atom is -0.492 e. The first-order chi connectivity index (χ1) is 8.11. The minimum atomic E-state index is -0.00328. The Morgan fingerprint density at radius 2 is 2.29 bits per heavy atom. The minimum absolute atomic E-state index is 0.00328. The van der Waals surface area contributed by atoms with Crippen LogP contribution in [0, 0.1) is 0 Å². The summed E-state index contributed by atoms with van der Waals surface area (Å²) in [5.74, 6) is 0.745. The quantitative estimate of drug-likeness (QED) is 0.699. The monoisotopic (exact) mass is 237 g/mol. The SMILES string of the molecule is CNC(=O)CN(C)CCOc1cccc(N)c1. The molecule has 0 atom stereocenters. The van der Waals surface area contributed by atoms with Gasteiger partial charge in [0.15, 0.2) is 0 Å². The van der Waals surface area contributed by atoms with Crippen LogP contribution in [0.3, 0.4) is 0 Å². The molecule has 1 rings (SSSR count). The van der Waals surface area contributed by atoms with Crippen molar-refractivity contribution in [2.75, 3.05) is 39.5 Å². The van der Waals surface area contributed by atoms with Gasteiger partial charge in [-0.25, -0.2) is 0 Å². The fraction of sp³-hybridized carbons (Fsp3) is 0.417. The first kappa shape index (κ1) is 13.3. The highest BCUT2D eigenvalue weighted by Crippen LogP contribution is 2.13. The third kappa shape index (κ3) is 5.21. The van der Waals surface area contributed by atoms with Gasteiger partial charge in [0.05, 0.1) is 6.54 Å². The molecule has 0 unspecified atom stereocenters. The predicted molar refractivity (Wildman–Crippen MR) is 67.9 cm³/mol. The maximum Gasteiger partial charge on any atom is 0.233 e. The van der Waals surface area contributed by atoms with E-state index < -0.39 is 0 Å². The summed E-state index contributed by atoms with van der Waals surface area (Å²) >= 11 is 0. The van der Waals surface area contributed by atoms with Crippen molar-refractivity contribution in [3.05, 3.63) is 24.3 Å². The van der Waals surface area contributed by atoms with Gasteiger partial charge in [0.25, 0.3) is 0 Å². The largest absolute Gasteiger partial charge is 0.492 e. The van der Waals surface area contributed by atoms with Crippen LogP contribution in [0.4, 0.5) is 5.69 Å². The molecule has 1 amide bonds. The molecule has 0 heterocycles. The molecule has 0 radical (unpaired) electrons. The zero-order valence-electron chi connectivity index (χ0n) is 10.3. The van der Waals surface area contributed by atoms with E-state index in [9.17, 15) is 4.79 Å². The summed E-state index contributed by atoms with van der Waals surface area (Å²) in [7, 11) is 3.50. The van der Waals surface area contributed by atoms with Gasteiger partial charge in [-0.2, -0.15) is 0 Å². The number of hydrogen-bond donors (Lipinski definition) is 2. The van der Waals surface area contributed by atoms with Crippen molar-refractivity contribution in [2.45, 2.75) is 0 Å². The molecular formula is C12H19N3O2. The Balaban J connectivity index is 2.25. The lowest BCUT2D eigenvalue weighted by Crippen LogP contribution is -2.35. The first-order valence-corrected chi connectivity index (χ1v) is 5.49. The Kier molecular flexibility index (Phi) is 5.29. The number of nitrogens with zero attached hydrogens (tertiary/aromatic N) is 1. The van der Waals surface area contributed by atoms with Gasteiger partial charge in [0, 0.05) is 25.3 Å². The molecule has 1 aromatic rings. The number of benzene rings is 1. The smallest absolute Gasteiger partial charge is 0.233 e. The number of nitrogens with one attached hydrogen (secondary N) is 1. The van der Waals surface area contributed by atoms with Gasteiger partial charge in [-0.1, -0.05) is 6.07 Å². The number of nitrogens with two attached hydrogens (primary N) is 1. The first-order valence-electron chi connectivity index (χ1n) is 5.49. The van der Waals surface area contributed by atoms with Crippen LogP contribution < -0.4 is 15.8 Å². The van der Waals surface area contributed by atoms with Crippen LogP contribution in [0.1, 0.15) is 0 Å². The van der Waals surface area contributed by atoms with Crippen molar-refractivity contribution in [1.82, 2.24) is 10.2 Å². The lowest BCUT2D eigenvalue weighted by molar-refractivity contribution is -0.121. The summed E-state index contributed by atoms with van der Waals surface area (Å²) in [6.07, 6.45) is 0. The fourth-order valence-corrected chi connectivity index (χ4v) is 1.33. The number of anilines is 1. The highest BCUT2D eigenvalue weighted by Gasteiger charge is 2.04. The second-order valence-corrected chi connectivity index (χ2v) is 3.83. The van der Waals surface area contributed by atoms with Crippen molar-refractivity contribution in [1.29, 1.82) is 0 Å². The normalized spacial score (nSPS) is 10.3. The van der Waals surface area contributed by atoms with Gasteiger partial charge in [-0.3, -0.25) is 9.69 Å². The van der Waals surface area contributed by atoms with Gasteiger partial charge < -0.3 is 15.8 Å². The second kappa shape index (κ2) is 6.75. The van der Waals surface area contributed by atoms with Crippen LogP contribution in [-0.2, 0) is 4.79 Å². The van der Waals surface area contributed by atoms with Crippen LogP contribution in [0.5, 0.6) is 5.75 Å². The highest BCUT2D eigenvalue weighted by molar-refractivity contribution is 5.77. The van der Waals surface area contributed by atoms with Crippen molar-refractivity contribution in [2.24, 2.45) is 0 Å². The molecule has 0 saturated heterocycles. The third-order valence-electron chi connectivity index (χ3n) is 2.29. The van der Waals surface area contributed by atoms with E-state index in [-0.39, 0.29) is 5.91 Å². The molecule has 0 saturated carbocycles. The summed E-state index contributed by atoms with van der Waals surface area (Å²) in [4.78, 5) is 13.0. The zero-order valence-corrected chi connectivity index (χ0v) is 10.3. The summed E-state index contributed by atoms with van der Waals surface area (Å²) in [6.45, 7) is 1.58. The van der Waals surface area contributed by atoms with Crippen molar-refractivity contribution in [3.8, 4) is 5.75 Å². The molecular weight excluding hydrogens is 218 g/mol. The molecule has 17 heavy (non-hydrogen) atoms. The van der Waals surface area contributed by atoms with E-state index >= 15 is 0 Å². The van der Waals surface area contributed by atoms with E-state index in [2.05, 4.69) is 5.32 Å². The van der Waals surface area contributed by atoms with Crippen molar-refractivity contribution < 1.29 is 9.53 Å². The number of carbonyl (C=O) groups is 1. The lowest BCUT2D eigenvalue weighted by atomic mass is 10.3. The Hall–Kier alpha value is -1.75. The number of amides is 1. The van der Waals surface area contributed by atoms with E-state index in [0.717, 1.165) is 5.75 Å². The van der Waals surface area contributed by atoms with E-state index in [4.69, 9.17) is 10.5 Å². The molecule has 0 bridgehead atoms. The number of ether oxygens (including phenoxy) is 1. The predicted octanol–water partition coefficient (Wildman–Crippen LogP) is 0.325. The molecule has 0 aliphatic heterocycles. The van der Waals surface area contributed by atoms with Gasteiger partial charge in [-0.05, 0) is 19.2 Å². The summed E-state index contributed by atoms with van der Waals surface area (Å²) in [5, 5.41) is 2.57. The Morgan fingerprint density at radius 1 is 1.53 bits per heavy atom. The number of rotatable bonds is 6. The van der Waals surface area contributed by atoms with Crippen LogP contribution in [0.2, 0.25) is 0 Å². The molecule has 3 N–H and O–H groups in total. The van der Waals surface area contributed by atoms with Crippen molar-refractivity contribution >= 4 is 11.6 Å². The summed E-state index contributed by atoms with van der Waals surface area (Å²) in [6, 6.07) is 7.29. The molecule has 0 aromatic heterocycles. The number of hydrogen-bond acceptors (Lipinski definition) is 4. The van der Waals surface area contributed by atoms with Gasteiger partial charge in [0.1, 0.15) is 12.4 Å². The summed E-state index contributed by atoms with van der Waals surface area (Å²) in [5.41, 5.74) is 6.31. The maximum atomic E-state index is 11.1. The van der Waals surface area contributed by atoms with E-state index in [1.165, 1.54) is 0 Å². The molecule has 5 nitrogen and oxygen atoms in total. The van der Waals surface area contributed by atoms with Gasteiger partial charge in [-0.15, -0.1) is 0 Å². The molecule has 5 heteroatoms. The molecule has 0 fully saturated rings. The molecule has 0 spiro atoms. The molecule has 0 aliphatic carbocycles. The van der Waals surface area contributed by atoms with E-state index in [1.807, 2.05) is 30.1 Å². The lowest BCUT2D eigenvalue weighted by Gasteiger charge is -2.15. The fourth-order valence-electron chi connectivity index (χ4n) is 1.33. The maximum absolute atomic E-state index is 11.1. The van der Waals surface area contributed by atoms with Crippen LogP contribution >= 0.6 is 0 Å². The van der Waals surface area contributed by atoms with E-state index in [0.29, 0.717) is 25.4 Å². The molecule has 0 aliphatic rings. The summed E-state index contributed by atoms with van der Waals surface area (Å²) < 4.78 is 5.52. The average molecular weight is 237 g/mol. The second-order valence-electron chi connectivity index (χ2n) is 3.83. The molecule has 1 aromatic carbocycles. The van der Waals surface area contributed by atoms with Crippen molar-refractivity contribution in [3.63, 3.8) is 0 Å². The van der Waals surface area contributed by atoms with Crippen LogP contribution in [0.25, 0.3) is 0 Å². The third-order valence-corrected chi connectivity index (χ3v) is 2.29. The average Bonchev–Trinajstić information content (AvgIpc) is 2.29. The van der Waals surface area contributed by atoms with E-state index in [1.54, 1.807) is 13.1 Å².